The molecular weight excluding hydrogens is 664 g/mol. The molecule has 0 spiro atoms. The Labute approximate surface area is 313 Å². The van der Waals surface area contributed by atoms with Gasteiger partial charge in [0.2, 0.25) is 29.5 Å². The Balaban J connectivity index is 2.56. The van der Waals surface area contributed by atoms with Crippen molar-refractivity contribution in [2.45, 2.75) is 154 Å². The van der Waals surface area contributed by atoms with E-state index in [1.165, 1.54) is 4.90 Å². The SMILES string of the molecule is CCCCCC[C@H]1OC[C@@H](C)NC(=O)[C@H](CN(C)CCCN)NC(=O)[C@H](CN)NC(=O)[C@H](C2CCCCCC2)NC(=O)[C@H](CCC)N(C)C(=O)[C@@H]1C. The van der Waals surface area contributed by atoms with Gasteiger partial charge >= 0.3 is 0 Å². The Kier molecular flexibility index (Phi) is 21.4. The monoisotopic (exact) mass is 737 g/mol. The summed E-state index contributed by atoms with van der Waals surface area (Å²) >= 11 is 0. The molecule has 0 aromatic heterocycles. The molecule has 1 heterocycles. The van der Waals surface area contributed by atoms with E-state index in [1.807, 2.05) is 32.7 Å². The van der Waals surface area contributed by atoms with Crippen LogP contribution < -0.4 is 32.7 Å². The quantitative estimate of drug-likeness (QED) is 0.114. The molecule has 2 rings (SSSR count). The van der Waals surface area contributed by atoms with Crippen molar-refractivity contribution in [1.82, 2.24) is 31.1 Å². The maximum absolute atomic E-state index is 14.2. The number of rotatable bonds is 14. The van der Waals surface area contributed by atoms with Crippen molar-refractivity contribution >= 4 is 29.5 Å². The fourth-order valence-electron chi connectivity index (χ4n) is 7.33. The molecule has 14 heteroatoms. The molecule has 1 saturated heterocycles. The summed E-state index contributed by atoms with van der Waals surface area (Å²) in [6.45, 7) is 9.01. The van der Waals surface area contributed by atoms with Gasteiger partial charge in [-0.2, -0.15) is 0 Å². The van der Waals surface area contributed by atoms with Crippen LogP contribution in [0.1, 0.15) is 118 Å². The molecule has 300 valence electrons. The third kappa shape index (κ3) is 14.9. The summed E-state index contributed by atoms with van der Waals surface area (Å²) in [7, 11) is 3.50. The first kappa shape index (κ1) is 45.3. The lowest BCUT2D eigenvalue weighted by atomic mass is 9.90. The van der Waals surface area contributed by atoms with E-state index in [1.54, 1.807) is 7.05 Å². The van der Waals surface area contributed by atoms with E-state index in [-0.39, 0.29) is 31.5 Å². The minimum absolute atomic E-state index is 0.151. The lowest BCUT2D eigenvalue weighted by Gasteiger charge is -2.34. The van der Waals surface area contributed by atoms with Crippen molar-refractivity contribution in [3.8, 4) is 0 Å². The third-order valence-electron chi connectivity index (χ3n) is 10.6. The number of carbonyl (C=O) groups is 5. The highest BCUT2D eigenvalue weighted by atomic mass is 16.5. The fraction of sp³-hybridized carbons (Fsp3) is 0.868. The van der Waals surface area contributed by atoms with Crippen LogP contribution in [0.3, 0.4) is 0 Å². The van der Waals surface area contributed by atoms with Crippen LogP contribution in [0.15, 0.2) is 0 Å². The van der Waals surface area contributed by atoms with Gasteiger partial charge in [0.05, 0.1) is 18.6 Å². The first-order valence-corrected chi connectivity index (χ1v) is 20.1. The van der Waals surface area contributed by atoms with Gasteiger partial charge in [0.1, 0.15) is 24.2 Å². The van der Waals surface area contributed by atoms with Crippen molar-refractivity contribution in [2.75, 3.05) is 46.9 Å². The van der Waals surface area contributed by atoms with E-state index in [0.29, 0.717) is 38.8 Å². The van der Waals surface area contributed by atoms with Crippen LogP contribution in [-0.4, -0.2) is 123 Å². The van der Waals surface area contributed by atoms with Crippen molar-refractivity contribution < 1.29 is 28.7 Å². The molecule has 1 aliphatic heterocycles. The molecule has 7 atom stereocenters. The Hall–Kier alpha value is -2.81. The summed E-state index contributed by atoms with van der Waals surface area (Å²) < 4.78 is 6.40. The standard InChI is InChI=1S/C38H72N8O6/c1-7-9-10-15-20-32-27(4)38(51)46(6)31(17-8-2)36(49)44-33(28-18-13-11-12-14-19-28)37(50)42-29(23-40)34(47)43-30(24-45(5)22-16-21-39)35(48)41-26(3)25-52-32/h26-33H,7-25,39-40H2,1-6H3,(H,41,48)(H,42,50)(H,43,47)(H,44,49)/t26-,27-,29+,30+,31+,32-,33+/m1/s1. The van der Waals surface area contributed by atoms with Crippen LogP contribution in [0.25, 0.3) is 0 Å². The Morgan fingerprint density at radius 1 is 0.769 bits per heavy atom. The lowest BCUT2D eigenvalue weighted by molar-refractivity contribution is -0.147. The third-order valence-corrected chi connectivity index (χ3v) is 10.6. The van der Waals surface area contributed by atoms with Crippen molar-refractivity contribution in [3.63, 3.8) is 0 Å². The van der Waals surface area contributed by atoms with Gasteiger partial charge in [0.25, 0.3) is 0 Å². The Morgan fingerprint density at radius 2 is 1.42 bits per heavy atom. The molecular formula is C38H72N8O6. The van der Waals surface area contributed by atoms with Gasteiger partial charge in [-0.3, -0.25) is 24.0 Å². The average Bonchev–Trinajstić information content (AvgIpc) is 3.41. The smallest absolute Gasteiger partial charge is 0.244 e. The lowest BCUT2D eigenvalue weighted by Crippen LogP contribution is -2.62. The van der Waals surface area contributed by atoms with E-state index < -0.39 is 65.9 Å². The second-order valence-corrected chi connectivity index (χ2v) is 15.2. The number of nitrogens with zero attached hydrogens (tertiary/aromatic N) is 2. The number of amides is 5. The zero-order chi connectivity index (χ0) is 38.6. The van der Waals surface area contributed by atoms with Crippen molar-refractivity contribution in [2.24, 2.45) is 23.3 Å². The molecule has 0 aromatic rings. The molecule has 14 nitrogen and oxygen atoms in total. The minimum atomic E-state index is -1.14. The molecule has 1 aliphatic carbocycles. The van der Waals surface area contributed by atoms with E-state index in [4.69, 9.17) is 16.2 Å². The highest BCUT2D eigenvalue weighted by molar-refractivity contribution is 5.96. The number of likely N-dealkylation sites (N-methyl/N-ethyl adjacent to an activating group) is 2. The molecule has 52 heavy (non-hydrogen) atoms. The molecule has 2 aliphatic rings. The summed E-state index contributed by atoms with van der Waals surface area (Å²) in [5.74, 6) is -2.82. The maximum atomic E-state index is 14.2. The number of hydrogen-bond donors (Lipinski definition) is 6. The van der Waals surface area contributed by atoms with E-state index in [0.717, 1.165) is 64.2 Å². The molecule has 0 bridgehead atoms. The van der Waals surface area contributed by atoms with E-state index in [2.05, 4.69) is 28.2 Å². The van der Waals surface area contributed by atoms with Crippen LogP contribution in [0.2, 0.25) is 0 Å². The summed E-state index contributed by atoms with van der Waals surface area (Å²) in [6, 6.07) is -4.27. The normalized spacial score (nSPS) is 28.6. The van der Waals surface area contributed by atoms with Crippen LogP contribution in [0, 0.1) is 11.8 Å². The van der Waals surface area contributed by atoms with Crippen LogP contribution in [-0.2, 0) is 28.7 Å². The number of hydrogen-bond acceptors (Lipinski definition) is 9. The first-order chi connectivity index (χ1) is 24.9. The van der Waals surface area contributed by atoms with E-state index in [9.17, 15) is 24.0 Å². The molecule has 1 saturated carbocycles. The van der Waals surface area contributed by atoms with Gasteiger partial charge in [0, 0.05) is 26.2 Å². The first-order valence-electron chi connectivity index (χ1n) is 20.1. The summed E-state index contributed by atoms with van der Waals surface area (Å²) in [4.78, 5) is 73.3. The second kappa shape index (κ2) is 24.5. The fourth-order valence-corrected chi connectivity index (χ4v) is 7.33. The predicted octanol–water partition coefficient (Wildman–Crippen LogP) is 1.79. The van der Waals surface area contributed by atoms with E-state index >= 15 is 0 Å². The molecule has 0 radical (unpaired) electrons. The number of unbranched alkanes of at least 4 members (excludes halogenated alkanes) is 3. The van der Waals surface area contributed by atoms with Crippen molar-refractivity contribution in [1.29, 1.82) is 0 Å². The van der Waals surface area contributed by atoms with Gasteiger partial charge < -0.3 is 47.3 Å². The highest BCUT2D eigenvalue weighted by Crippen LogP contribution is 2.27. The number of ether oxygens (including phenoxy) is 1. The average molecular weight is 737 g/mol. The largest absolute Gasteiger partial charge is 0.375 e. The maximum Gasteiger partial charge on any atom is 0.244 e. The Bertz CT molecular complexity index is 1100. The second-order valence-electron chi connectivity index (χ2n) is 15.2. The highest BCUT2D eigenvalue weighted by Gasteiger charge is 2.38. The topological polar surface area (TPSA) is 201 Å². The predicted molar refractivity (Wildman–Crippen MR) is 204 cm³/mol. The molecule has 0 unspecified atom stereocenters. The summed E-state index contributed by atoms with van der Waals surface area (Å²) in [5.41, 5.74) is 11.8. The summed E-state index contributed by atoms with van der Waals surface area (Å²) in [6.07, 6.45) is 11.5. The number of carbonyl (C=O) groups excluding carboxylic acids is 5. The van der Waals surface area contributed by atoms with Crippen LogP contribution in [0.5, 0.6) is 0 Å². The molecule has 5 amide bonds. The van der Waals surface area contributed by atoms with Crippen LogP contribution >= 0.6 is 0 Å². The molecule has 0 aromatic carbocycles. The van der Waals surface area contributed by atoms with Gasteiger partial charge in [-0.1, -0.05) is 78.6 Å². The van der Waals surface area contributed by atoms with Gasteiger partial charge in [-0.25, -0.2) is 0 Å². The zero-order valence-electron chi connectivity index (χ0n) is 33.1. The van der Waals surface area contributed by atoms with Gasteiger partial charge in [-0.15, -0.1) is 0 Å². The zero-order valence-corrected chi connectivity index (χ0v) is 33.1. The minimum Gasteiger partial charge on any atom is -0.375 e. The molecule has 8 N–H and O–H groups in total. The number of nitrogens with two attached hydrogens (primary N) is 2. The van der Waals surface area contributed by atoms with Gasteiger partial charge in [-0.05, 0) is 65.1 Å². The number of nitrogens with one attached hydrogen (secondary N) is 4. The van der Waals surface area contributed by atoms with Gasteiger partial charge in [0.15, 0.2) is 0 Å². The molecule has 2 fully saturated rings. The van der Waals surface area contributed by atoms with Crippen molar-refractivity contribution in [3.05, 3.63) is 0 Å². The van der Waals surface area contributed by atoms with Crippen LogP contribution in [0.4, 0.5) is 0 Å². The Morgan fingerprint density at radius 3 is 2.04 bits per heavy atom. The summed E-state index contributed by atoms with van der Waals surface area (Å²) in [5, 5.41) is 11.7.